The molecular weight excluding hydrogens is 480 g/mol. The van der Waals surface area contributed by atoms with Crippen molar-refractivity contribution in [1.82, 2.24) is 25.0 Å². The zero-order chi connectivity index (χ0) is 25.1. The molecule has 0 amide bonds. The Morgan fingerprint density at radius 3 is 2.64 bits per heavy atom. The third kappa shape index (κ3) is 4.73. The van der Waals surface area contributed by atoms with Crippen LogP contribution in [0.4, 0.5) is 11.6 Å². The number of hydrogen-bond acceptors (Lipinski definition) is 9. The van der Waals surface area contributed by atoms with Crippen LogP contribution < -0.4 is 15.4 Å². The summed E-state index contributed by atoms with van der Waals surface area (Å²) < 4.78 is 7.15. The summed E-state index contributed by atoms with van der Waals surface area (Å²) >= 11 is 6.32. The number of fused-ring (bicyclic) bond motifs is 3. The Labute approximate surface area is 214 Å². The van der Waals surface area contributed by atoms with Gasteiger partial charge in [-0.05, 0) is 50.3 Å². The molecule has 5 rings (SSSR count). The average Bonchev–Trinajstić information content (AvgIpc) is 3.33. The standard InChI is InChI=1S/C25H29ClN8O2/c1-4-34-25-19(14-29-34)22-18(13-28-25)23(30-16-6-8-17(9-7-16)33-36-3)31-32-24(22)27-12-15-5-10-21(35-2)20(26)11-15/h5,10-11,13-14,16H,4,6-9,12H2,1-3H3,(H,27,32)(H,30,31). The predicted octanol–water partition coefficient (Wildman–Crippen LogP) is 5.03. The zero-order valence-corrected chi connectivity index (χ0v) is 21.3. The number of aryl methyl sites for hydroxylation is 1. The van der Waals surface area contributed by atoms with Gasteiger partial charge in [0.25, 0.3) is 0 Å². The minimum absolute atomic E-state index is 0.271. The molecule has 3 heterocycles. The van der Waals surface area contributed by atoms with Gasteiger partial charge in [0, 0.05) is 36.1 Å². The summed E-state index contributed by atoms with van der Waals surface area (Å²) in [6.45, 7) is 3.30. The van der Waals surface area contributed by atoms with Gasteiger partial charge in [0.2, 0.25) is 0 Å². The van der Waals surface area contributed by atoms with E-state index in [0.717, 1.165) is 71.1 Å². The normalized spacial score (nSPS) is 15.8. The van der Waals surface area contributed by atoms with Crippen molar-refractivity contribution in [2.75, 3.05) is 24.9 Å². The van der Waals surface area contributed by atoms with Gasteiger partial charge in [-0.25, -0.2) is 9.67 Å². The number of halogens is 1. The van der Waals surface area contributed by atoms with Crippen molar-refractivity contribution in [2.24, 2.45) is 5.16 Å². The zero-order valence-electron chi connectivity index (χ0n) is 20.6. The molecule has 0 atom stereocenters. The van der Waals surface area contributed by atoms with Crippen molar-refractivity contribution in [2.45, 2.75) is 51.7 Å². The second kappa shape index (κ2) is 10.5. The molecule has 4 aromatic rings. The molecule has 3 aromatic heterocycles. The topological polar surface area (TPSA) is 111 Å². The summed E-state index contributed by atoms with van der Waals surface area (Å²) in [7, 11) is 3.19. The number of rotatable bonds is 8. The van der Waals surface area contributed by atoms with Gasteiger partial charge >= 0.3 is 0 Å². The maximum Gasteiger partial charge on any atom is 0.158 e. The molecule has 1 fully saturated rings. The van der Waals surface area contributed by atoms with Crippen LogP contribution in [0.25, 0.3) is 21.8 Å². The van der Waals surface area contributed by atoms with Crippen molar-refractivity contribution in [1.29, 1.82) is 0 Å². The van der Waals surface area contributed by atoms with Crippen LogP contribution in [0.2, 0.25) is 5.02 Å². The fourth-order valence-electron chi connectivity index (χ4n) is 4.64. The Bertz CT molecular complexity index is 1410. The highest BCUT2D eigenvalue weighted by Gasteiger charge is 2.22. The van der Waals surface area contributed by atoms with E-state index in [1.54, 1.807) is 14.2 Å². The fourth-order valence-corrected chi connectivity index (χ4v) is 4.92. The first kappa shape index (κ1) is 24.1. The van der Waals surface area contributed by atoms with Gasteiger partial charge < -0.3 is 20.2 Å². The average molecular weight is 509 g/mol. The first-order valence-electron chi connectivity index (χ1n) is 12.0. The minimum Gasteiger partial charge on any atom is -0.495 e. The van der Waals surface area contributed by atoms with Crippen LogP contribution in [0, 0.1) is 0 Å². The lowest BCUT2D eigenvalue weighted by atomic mass is 9.93. The molecule has 1 aliphatic carbocycles. The van der Waals surface area contributed by atoms with Crippen molar-refractivity contribution in [3.8, 4) is 5.75 Å². The van der Waals surface area contributed by atoms with Crippen LogP contribution in [-0.4, -0.2) is 50.9 Å². The molecular formula is C25H29ClN8O2. The summed E-state index contributed by atoms with van der Waals surface area (Å²) in [6.07, 6.45) is 7.40. The quantitative estimate of drug-likeness (QED) is 0.319. The number of hydrogen-bond donors (Lipinski definition) is 2. The van der Waals surface area contributed by atoms with Crippen LogP contribution >= 0.6 is 11.6 Å². The van der Waals surface area contributed by atoms with Gasteiger partial charge in [-0.1, -0.05) is 22.8 Å². The summed E-state index contributed by atoms with van der Waals surface area (Å²) in [5.41, 5.74) is 2.92. The number of aromatic nitrogens is 5. The number of ether oxygens (including phenoxy) is 1. The van der Waals surface area contributed by atoms with Gasteiger partial charge in [-0.15, -0.1) is 10.2 Å². The molecule has 188 valence electrons. The van der Waals surface area contributed by atoms with Crippen LogP contribution in [-0.2, 0) is 17.9 Å². The third-order valence-electron chi connectivity index (χ3n) is 6.51. The molecule has 1 aliphatic rings. The lowest BCUT2D eigenvalue weighted by molar-refractivity contribution is 0.210. The predicted molar refractivity (Wildman–Crippen MR) is 142 cm³/mol. The molecule has 0 aliphatic heterocycles. The molecule has 1 aromatic carbocycles. The Morgan fingerprint density at radius 2 is 1.92 bits per heavy atom. The van der Waals surface area contributed by atoms with Crippen molar-refractivity contribution in [3.05, 3.63) is 41.2 Å². The molecule has 0 saturated heterocycles. The van der Waals surface area contributed by atoms with Gasteiger partial charge in [0.1, 0.15) is 12.9 Å². The maximum atomic E-state index is 6.32. The maximum absolute atomic E-state index is 6.32. The first-order valence-corrected chi connectivity index (χ1v) is 12.4. The lowest BCUT2D eigenvalue weighted by Crippen LogP contribution is -2.27. The van der Waals surface area contributed by atoms with E-state index in [1.807, 2.05) is 42.2 Å². The number of oxime groups is 1. The number of benzene rings is 1. The van der Waals surface area contributed by atoms with E-state index in [1.165, 1.54) is 0 Å². The Kier molecular flexibility index (Phi) is 7.04. The van der Waals surface area contributed by atoms with Crippen LogP contribution in [0.15, 0.2) is 35.7 Å². The Balaban J connectivity index is 1.48. The Morgan fingerprint density at radius 1 is 1.11 bits per heavy atom. The van der Waals surface area contributed by atoms with Gasteiger partial charge in [0.15, 0.2) is 17.3 Å². The van der Waals surface area contributed by atoms with Crippen molar-refractivity contribution >= 4 is 50.8 Å². The van der Waals surface area contributed by atoms with E-state index < -0.39 is 0 Å². The van der Waals surface area contributed by atoms with E-state index >= 15 is 0 Å². The SMILES string of the molecule is CCn1ncc2c3c(NCc4ccc(OC)c(Cl)c4)nnc(NC4CCC(=NOC)CC4)c3cnc21. The number of methoxy groups -OCH3 is 1. The molecule has 11 heteroatoms. The number of pyridine rings is 1. The van der Waals surface area contributed by atoms with Crippen molar-refractivity contribution < 1.29 is 9.57 Å². The lowest BCUT2D eigenvalue weighted by Gasteiger charge is -2.24. The number of anilines is 2. The molecule has 36 heavy (non-hydrogen) atoms. The van der Waals surface area contributed by atoms with Gasteiger partial charge in [-0.3, -0.25) is 0 Å². The highest BCUT2D eigenvalue weighted by Crippen LogP contribution is 2.34. The summed E-state index contributed by atoms with van der Waals surface area (Å²) in [5.74, 6) is 2.03. The summed E-state index contributed by atoms with van der Waals surface area (Å²) in [5, 5.41) is 28.2. The molecule has 0 spiro atoms. The van der Waals surface area contributed by atoms with E-state index in [4.69, 9.17) is 26.2 Å². The Hall–Kier alpha value is -3.66. The number of nitrogens with zero attached hydrogens (tertiary/aromatic N) is 6. The van der Waals surface area contributed by atoms with Crippen LogP contribution in [0.3, 0.4) is 0 Å². The molecule has 0 bridgehead atoms. The first-order chi connectivity index (χ1) is 17.6. The van der Waals surface area contributed by atoms with Crippen molar-refractivity contribution in [3.63, 3.8) is 0 Å². The second-order valence-corrected chi connectivity index (χ2v) is 9.13. The van der Waals surface area contributed by atoms with E-state index in [0.29, 0.717) is 23.1 Å². The van der Waals surface area contributed by atoms with E-state index in [-0.39, 0.29) is 6.04 Å². The highest BCUT2D eigenvalue weighted by atomic mass is 35.5. The molecule has 2 N–H and O–H groups in total. The van der Waals surface area contributed by atoms with Gasteiger partial charge in [0.05, 0.1) is 29.4 Å². The third-order valence-corrected chi connectivity index (χ3v) is 6.80. The number of nitrogens with one attached hydrogen (secondary N) is 2. The fraction of sp³-hybridized carbons (Fsp3) is 0.400. The second-order valence-electron chi connectivity index (χ2n) is 8.72. The molecule has 1 saturated carbocycles. The largest absolute Gasteiger partial charge is 0.495 e. The van der Waals surface area contributed by atoms with Crippen LogP contribution in [0.1, 0.15) is 38.2 Å². The molecule has 0 unspecified atom stereocenters. The monoisotopic (exact) mass is 508 g/mol. The summed E-state index contributed by atoms with van der Waals surface area (Å²) in [6, 6.07) is 5.98. The van der Waals surface area contributed by atoms with Crippen LogP contribution in [0.5, 0.6) is 5.75 Å². The smallest absolute Gasteiger partial charge is 0.158 e. The molecule has 0 radical (unpaired) electrons. The minimum atomic E-state index is 0.271. The van der Waals surface area contributed by atoms with E-state index in [9.17, 15) is 0 Å². The summed E-state index contributed by atoms with van der Waals surface area (Å²) in [4.78, 5) is 9.66. The highest BCUT2D eigenvalue weighted by molar-refractivity contribution is 6.32. The van der Waals surface area contributed by atoms with E-state index in [2.05, 4.69) is 31.1 Å². The molecule has 10 nitrogen and oxygen atoms in total. The van der Waals surface area contributed by atoms with Gasteiger partial charge in [-0.2, -0.15) is 5.10 Å².